The van der Waals surface area contributed by atoms with Gasteiger partial charge in [0.1, 0.15) is 5.75 Å². The Morgan fingerprint density at radius 2 is 1.73 bits per heavy atom. The zero-order chi connectivity index (χ0) is 11.7. The molecule has 0 bridgehead atoms. The van der Waals surface area contributed by atoms with Crippen LogP contribution in [0, 0.1) is 20.8 Å². The molecule has 0 saturated heterocycles. The normalized spacial score (nSPS) is 12.9. The van der Waals surface area contributed by atoms with E-state index < -0.39 is 6.10 Å². The number of aliphatic hydroxyl groups excluding tert-OH is 1. The number of aliphatic hydroxyl groups is 1. The van der Waals surface area contributed by atoms with Crippen LogP contribution in [0.1, 0.15) is 28.4 Å². The summed E-state index contributed by atoms with van der Waals surface area (Å²) in [5.41, 5.74) is 8.02. The third-order valence-electron chi connectivity index (χ3n) is 2.79. The lowest BCUT2D eigenvalue weighted by atomic mass is 9.95. The summed E-state index contributed by atoms with van der Waals surface area (Å²) in [6.45, 7) is 5.43. The van der Waals surface area contributed by atoms with Crippen LogP contribution in [0.25, 0.3) is 0 Å². The van der Waals surface area contributed by atoms with Crippen LogP contribution in [0.5, 0.6) is 5.75 Å². The van der Waals surface area contributed by atoms with E-state index in [1.165, 1.54) is 0 Å². The molecule has 0 saturated carbocycles. The Balaban J connectivity index is 3.52. The van der Waals surface area contributed by atoms with Gasteiger partial charge in [-0.05, 0) is 37.5 Å². The molecule has 0 aliphatic rings. The Labute approximate surface area is 94.5 Å². The lowest BCUT2D eigenvalue weighted by Crippen LogP contribution is -2.14. The summed E-state index contributed by atoms with van der Waals surface area (Å²) in [5.74, 6) is 0.0901. The van der Waals surface area contributed by atoms with Crippen molar-refractivity contribution in [3.8, 4) is 5.75 Å². The highest BCUT2D eigenvalue weighted by Gasteiger charge is 2.20. The fourth-order valence-corrected chi connectivity index (χ4v) is 1.89. The van der Waals surface area contributed by atoms with Crippen molar-refractivity contribution in [2.45, 2.75) is 26.9 Å². The number of phenolic OH excluding ortho intramolecular Hbond substituents is 1. The predicted octanol–water partition coefficient (Wildman–Crippen LogP) is 1.96. The Hall–Kier alpha value is -0.770. The lowest BCUT2D eigenvalue weighted by molar-refractivity contribution is 0.181. The molecule has 0 aromatic heterocycles. The smallest absolute Gasteiger partial charge is 0.124 e. The topological polar surface area (TPSA) is 66.5 Å². The first-order valence-corrected chi connectivity index (χ1v) is 5.15. The van der Waals surface area contributed by atoms with Crippen molar-refractivity contribution in [2.24, 2.45) is 5.73 Å². The molecule has 4 N–H and O–H groups in total. The monoisotopic (exact) mass is 229 g/mol. The van der Waals surface area contributed by atoms with E-state index in [1.807, 2.05) is 6.92 Å². The molecule has 4 heteroatoms. The summed E-state index contributed by atoms with van der Waals surface area (Å²) >= 11 is 6.10. The quantitative estimate of drug-likeness (QED) is 0.726. The summed E-state index contributed by atoms with van der Waals surface area (Å²) in [5, 5.41) is 20.2. The van der Waals surface area contributed by atoms with Gasteiger partial charge in [-0.25, -0.2) is 0 Å². The van der Waals surface area contributed by atoms with Crippen molar-refractivity contribution < 1.29 is 10.2 Å². The molecule has 3 nitrogen and oxygen atoms in total. The summed E-state index contributed by atoms with van der Waals surface area (Å²) in [6, 6.07) is 0. The van der Waals surface area contributed by atoms with Crippen LogP contribution in [0.4, 0.5) is 0 Å². The lowest BCUT2D eigenvalue weighted by Gasteiger charge is -2.18. The highest BCUT2D eigenvalue weighted by molar-refractivity contribution is 6.32. The zero-order valence-corrected chi connectivity index (χ0v) is 9.89. The molecule has 1 aromatic carbocycles. The maximum Gasteiger partial charge on any atom is 0.124 e. The number of rotatable bonds is 2. The van der Waals surface area contributed by atoms with E-state index in [1.54, 1.807) is 13.8 Å². The number of aromatic hydroxyl groups is 1. The fraction of sp³-hybridized carbons (Fsp3) is 0.455. The van der Waals surface area contributed by atoms with Crippen LogP contribution in [0.3, 0.4) is 0 Å². The molecular weight excluding hydrogens is 214 g/mol. The second-order valence-corrected chi connectivity index (χ2v) is 4.08. The number of hydrogen-bond donors (Lipinski definition) is 3. The molecule has 1 atom stereocenters. The van der Waals surface area contributed by atoms with Crippen molar-refractivity contribution in [1.29, 1.82) is 0 Å². The largest absolute Gasteiger partial charge is 0.507 e. The molecule has 0 fully saturated rings. The predicted molar refractivity (Wildman–Crippen MR) is 61.3 cm³/mol. The Morgan fingerprint density at radius 3 is 2.20 bits per heavy atom. The first-order valence-electron chi connectivity index (χ1n) is 4.78. The molecule has 1 unspecified atom stereocenters. The highest BCUT2D eigenvalue weighted by atomic mass is 35.5. The minimum atomic E-state index is -0.873. The number of halogens is 1. The zero-order valence-electron chi connectivity index (χ0n) is 9.13. The van der Waals surface area contributed by atoms with Crippen LogP contribution in [-0.4, -0.2) is 16.8 Å². The molecule has 84 valence electrons. The van der Waals surface area contributed by atoms with Crippen LogP contribution in [-0.2, 0) is 0 Å². The van der Waals surface area contributed by atoms with Crippen LogP contribution in [0.15, 0.2) is 0 Å². The van der Waals surface area contributed by atoms with Gasteiger partial charge in [-0.3, -0.25) is 0 Å². The fourth-order valence-electron chi connectivity index (χ4n) is 1.65. The molecule has 0 spiro atoms. The molecule has 0 aliphatic carbocycles. The van der Waals surface area contributed by atoms with Gasteiger partial charge in [-0.1, -0.05) is 11.6 Å². The maximum atomic E-state index is 9.91. The number of nitrogens with two attached hydrogens (primary N) is 1. The van der Waals surface area contributed by atoms with Crippen molar-refractivity contribution in [3.05, 3.63) is 27.3 Å². The van der Waals surface area contributed by atoms with E-state index in [4.69, 9.17) is 17.3 Å². The molecule has 0 aliphatic heterocycles. The summed E-state index contributed by atoms with van der Waals surface area (Å²) in [7, 11) is 0. The van der Waals surface area contributed by atoms with E-state index in [9.17, 15) is 10.2 Å². The average molecular weight is 230 g/mol. The standard InChI is InChI=1S/C11H16ClNO2/c1-5-6(2)11(15)9(8(14)4-13)7(3)10(5)12/h8,14-15H,4,13H2,1-3H3. The molecule has 1 aromatic rings. The molecule has 0 radical (unpaired) electrons. The van der Waals surface area contributed by atoms with Crippen molar-refractivity contribution >= 4 is 11.6 Å². The van der Waals surface area contributed by atoms with Gasteiger partial charge < -0.3 is 15.9 Å². The summed E-state index contributed by atoms with van der Waals surface area (Å²) < 4.78 is 0. The SMILES string of the molecule is Cc1c(C)c(Cl)c(C)c(C(O)CN)c1O. The first-order chi connectivity index (χ1) is 6.91. The van der Waals surface area contributed by atoms with Gasteiger partial charge in [0.15, 0.2) is 0 Å². The third-order valence-corrected chi connectivity index (χ3v) is 3.36. The number of phenols is 1. The Kier molecular flexibility index (Phi) is 3.60. The summed E-state index contributed by atoms with van der Waals surface area (Å²) in [4.78, 5) is 0. The highest BCUT2D eigenvalue weighted by Crippen LogP contribution is 2.37. The minimum Gasteiger partial charge on any atom is -0.507 e. The molecule has 0 amide bonds. The number of hydrogen-bond acceptors (Lipinski definition) is 3. The molecule has 0 heterocycles. The van der Waals surface area contributed by atoms with E-state index >= 15 is 0 Å². The van der Waals surface area contributed by atoms with E-state index in [0.29, 0.717) is 21.7 Å². The maximum absolute atomic E-state index is 9.91. The van der Waals surface area contributed by atoms with Crippen LogP contribution < -0.4 is 5.73 Å². The average Bonchev–Trinajstić information content (AvgIpc) is 2.23. The summed E-state index contributed by atoms with van der Waals surface area (Å²) in [6.07, 6.45) is -0.873. The van der Waals surface area contributed by atoms with Gasteiger partial charge in [-0.2, -0.15) is 0 Å². The van der Waals surface area contributed by atoms with Crippen molar-refractivity contribution in [1.82, 2.24) is 0 Å². The van der Waals surface area contributed by atoms with Gasteiger partial charge in [0.05, 0.1) is 6.10 Å². The Morgan fingerprint density at radius 1 is 1.20 bits per heavy atom. The second-order valence-electron chi connectivity index (χ2n) is 3.70. The Bertz CT molecular complexity index is 362. The van der Waals surface area contributed by atoms with Crippen LogP contribution in [0.2, 0.25) is 5.02 Å². The van der Waals surface area contributed by atoms with Gasteiger partial charge in [0.25, 0.3) is 0 Å². The molecule has 15 heavy (non-hydrogen) atoms. The first kappa shape index (κ1) is 12.3. The van der Waals surface area contributed by atoms with E-state index in [2.05, 4.69) is 0 Å². The molecular formula is C11H16ClNO2. The number of benzene rings is 1. The van der Waals surface area contributed by atoms with Gasteiger partial charge in [0, 0.05) is 17.1 Å². The molecule has 1 rings (SSSR count). The van der Waals surface area contributed by atoms with Gasteiger partial charge >= 0.3 is 0 Å². The third kappa shape index (κ3) is 1.95. The van der Waals surface area contributed by atoms with Crippen LogP contribution >= 0.6 is 11.6 Å². The van der Waals surface area contributed by atoms with E-state index in [-0.39, 0.29) is 12.3 Å². The second kappa shape index (κ2) is 4.39. The minimum absolute atomic E-state index is 0.0627. The van der Waals surface area contributed by atoms with Gasteiger partial charge in [0.2, 0.25) is 0 Å². The van der Waals surface area contributed by atoms with Crippen molar-refractivity contribution in [2.75, 3.05) is 6.54 Å². The van der Waals surface area contributed by atoms with Gasteiger partial charge in [-0.15, -0.1) is 0 Å². The van der Waals surface area contributed by atoms with Crippen molar-refractivity contribution in [3.63, 3.8) is 0 Å². The van der Waals surface area contributed by atoms with E-state index in [0.717, 1.165) is 5.56 Å².